The number of nitrogens with zero attached hydrogens (tertiary/aromatic N) is 5. The average Bonchev–Trinajstić information content (AvgIpc) is 3.34. The number of alkyl halides is 3. The topological polar surface area (TPSA) is 160 Å². The Morgan fingerprint density at radius 3 is 2.70 bits per heavy atom. The van der Waals surface area contributed by atoms with Crippen molar-refractivity contribution in [3.8, 4) is 0 Å². The second kappa shape index (κ2) is 8.72. The maximum absolute atomic E-state index is 14.8. The predicted octanol–water partition coefficient (Wildman–Crippen LogP) is 2.13. The van der Waals surface area contributed by atoms with Crippen LogP contribution in [-0.4, -0.2) is 78.1 Å². The molecule has 0 bridgehead atoms. The van der Waals surface area contributed by atoms with Crippen LogP contribution in [0.3, 0.4) is 0 Å². The Bertz CT molecular complexity index is 1150. The molecule has 0 saturated carbocycles. The number of anilines is 1. The van der Waals surface area contributed by atoms with E-state index in [1.807, 2.05) is 0 Å². The molecule has 4 atom stereocenters. The average molecular weight is 536 g/mol. The van der Waals surface area contributed by atoms with Crippen LogP contribution in [0.4, 0.5) is 19.0 Å². The van der Waals surface area contributed by atoms with Gasteiger partial charge in [-0.15, -0.1) is 5.10 Å². The van der Waals surface area contributed by atoms with Crippen molar-refractivity contribution in [2.75, 3.05) is 30.5 Å². The summed E-state index contributed by atoms with van der Waals surface area (Å²) in [5.41, 5.74) is 0.183. The Morgan fingerprint density at radius 1 is 1.33 bits per heavy atom. The van der Waals surface area contributed by atoms with Gasteiger partial charge < -0.3 is 28.8 Å². The highest BCUT2D eigenvalue weighted by Crippen LogP contribution is 2.55. The minimum atomic E-state index is -4.81. The van der Waals surface area contributed by atoms with Gasteiger partial charge in [-0.3, -0.25) is 9.13 Å². The van der Waals surface area contributed by atoms with E-state index in [1.54, 1.807) is 0 Å². The van der Waals surface area contributed by atoms with E-state index in [9.17, 15) is 27.2 Å². The van der Waals surface area contributed by atoms with Crippen molar-refractivity contribution in [3.63, 3.8) is 0 Å². The highest BCUT2D eigenvalue weighted by atomic mass is 35.5. The van der Waals surface area contributed by atoms with Crippen LogP contribution >= 0.6 is 26.8 Å². The second-order valence-electron chi connectivity index (χ2n) is 7.82. The SMILES string of the molecule is O=P(O)(O)CP(=O)(O)OC[C@@H]1C[C@H](F)[C@H](c2cnc3c(N4CCC(F)(F)C4)nc(Cl)nn23)O1. The third-order valence-electron chi connectivity index (χ3n) is 5.09. The van der Waals surface area contributed by atoms with E-state index in [1.165, 1.54) is 11.1 Å². The van der Waals surface area contributed by atoms with Crippen LogP contribution in [-0.2, 0) is 18.4 Å². The summed E-state index contributed by atoms with van der Waals surface area (Å²) in [5.74, 6) is -4.22. The largest absolute Gasteiger partial charge is 0.363 e. The van der Waals surface area contributed by atoms with Gasteiger partial charge in [0.05, 0.1) is 31.1 Å². The van der Waals surface area contributed by atoms with Gasteiger partial charge in [0.25, 0.3) is 5.92 Å². The summed E-state index contributed by atoms with van der Waals surface area (Å²) < 4.78 is 76.2. The Kier molecular flexibility index (Phi) is 6.56. The lowest BCUT2D eigenvalue weighted by atomic mass is 10.1. The predicted molar refractivity (Wildman–Crippen MR) is 107 cm³/mol. The molecule has 2 aromatic heterocycles. The fraction of sp³-hybridized carbons (Fsp3) is 0.667. The first-order valence-corrected chi connectivity index (χ1v) is 13.5. The molecule has 184 valence electrons. The molecule has 4 rings (SSSR count). The van der Waals surface area contributed by atoms with Gasteiger partial charge in [0, 0.05) is 19.4 Å². The Balaban J connectivity index is 1.52. The van der Waals surface area contributed by atoms with Gasteiger partial charge >= 0.3 is 15.2 Å². The molecular weight excluding hydrogens is 517 g/mol. The summed E-state index contributed by atoms with van der Waals surface area (Å²) in [6.07, 6.45) is -3.26. The van der Waals surface area contributed by atoms with Crippen LogP contribution in [0.25, 0.3) is 5.65 Å². The molecular formula is C15H19ClF3N5O7P2. The fourth-order valence-corrected chi connectivity index (χ4v) is 6.48. The fourth-order valence-electron chi connectivity index (χ4n) is 3.74. The monoisotopic (exact) mass is 535 g/mol. The van der Waals surface area contributed by atoms with Gasteiger partial charge in [-0.25, -0.2) is 22.7 Å². The van der Waals surface area contributed by atoms with Gasteiger partial charge in [0.15, 0.2) is 17.4 Å². The van der Waals surface area contributed by atoms with Gasteiger partial charge in [-0.05, 0) is 11.6 Å². The summed E-state index contributed by atoms with van der Waals surface area (Å²) in [6.45, 7) is -1.16. The highest BCUT2D eigenvalue weighted by Gasteiger charge is 2.42. The number of fused-ring (bicyclic) bond motifs is 1. The van der Waals surface area contributed by atoms with Crippen LogP contribution in [0.5, 0.6) is 0 Å². The highest BCUT2D eigenvalue weighted by molar-refractivity contribution is 7.70. The lowest BCUT2D eigenvalue weighted by Gasteiger charge is -2.18. The Morgan fingerprint density at radius 2 is 2.06 bits per heavy atom. The number of hydrogen-bond donors (Lipinski definition) is 3. The van der Waals surface area contributed by atoms with Crippen molar-refractivity contribution in [1.29, 1.82) is 0 Å². The van der Waals surface area contributed by atoms with E-state index in [0.717, 1.165) is 4.52 Å². The zero-order chi connectivity index (χ0) is 24.2. The molecule has 1 unspecified atom stereocenters. The molecule has 2 saturated heterocycles. The molecule has 33 heavy (non-hydrogen) atoms. The van der Waals surface area contributed by atoms with Gasteiger partial charge in [0.2, 0.25) is 5.28 Å². The quantitative estimate of drug-likeness (QED) is 0.446. The summed E-state index contributed by atoms with van der Waals surface area (Å²) in [6, 6.07) is 0. The normalized spacial score (nSPS) is 27.4. The van der Waals surface area contributed by atoms with E-state index in [2.05, 4.69) is 15.1 Å². The third-order valence-corrected chi connectivity index (χ3v) is 8.70. The van der Waals surface area contributed by atoms with Crippen LogP contribution in [0.15, 0.2) is 6.20 Å². The maximum Gasteiger partial charge on any atom is 0.340 e. The van der Waals surface area contributed by atoms with Crippen molar-refractivity contribution in [3.05, 3.63) is 17.2 Å². The zero-order valence-corrected chi connectivity index (χ0v) is 19.2. The maximum atomic E-state index is 14.8. The molecule has 4 heterocycles. The molecule has 0 radical (unpaired) electrons. The molecule has 2 aliphatic rings. The van der Waals surface area contributed by atoms with Gasteiger partial charge in [0.1, 0.15) is 12.3 Å². The summed E-state index contributed by atoms with van der Waals surface area (Å²) >= 11 is 5.96. The van der Waals surface area contributed by atoms with E-state index in [-0.39, 0.29) is 41.8 Å². The van der Waals surface area contributed by atoms with E-state index in [4.69, 9.17) is 30.6 Å². The number of imidazole rings is 1. The van der Waals surface area contributed by atoms with E-state index < -0.39 is 58.5 Å². The number of rotatable bonds is 7. The lowest BCUT2D eigenvalue weighted by molar-refractivity contribution is 0.00137. The minimum Gasteiger partial charge on any atom is -0.363 e. The van der Waals surface area contributed by atoms with Crippen molar-refractivity contribution in [2.45, 2.75) is 37.1 Å². The van der Waals surface area contributed by atoms with Gasteiger partial charge in [-0.1, -0.05) is 0 Å². The first-order chi connectivity index (χ1) is 15.2. The van der Waals surface area contributed by atoms with Crippen molar-refractivity contribution in [2.24, 2.45) is 0 Å². The van der Waals surface area contributed by atoms with E-state index in [0.29, 0.717) is 0 Å². The molecule has 0 aromatic carbocycles. The second-order valence-corrected chi connectivity index (χ2v) is 12.2. The smallest absolute Gasteiger partial charge is 0.340 e. The number of hydrogen-bond acceptors (Lipinski definition) is 8. The molecule has 0 amide bonds. The number of ether oxygens (including phenoxy) is 1. The standard InChI is InChI=1S/C15H19ClF3N5O7P2/c16-14-21-13(23-2-1-15(18,19)6-23)12-20-4-10(24(12)22-14)11-9(17)3-8(31-11)5-30-33(28,29)7-32(25,26)27/h4,8-9,11H,1-3,5-7H2,(H,28,29)(H2,25,26,27)/t8-,9-,11+/m0/s1. The summed E-state index contributed by atoms with van der Waals surface area (Å²) in [7, 11) is -9.44. The van der Waals surface area contributed by atoms with Crippen molar-refractivity contribution >= 4 is 38.3 Å². The lowest BCUT2D eigenvalue weighted by Crippen LogP contribution is -2.26. The Hall–Kier alpha value is -1.31. The molecule has 18 heteroatoms. The van der Waals surface area contributed by atoms with Crippen LogP contribution < -0.4 is 4.90 Å². The molecule has 0 spiro atoms. The molecule has 3 N–H and O–H groups in total. The number of aromatic nitrogens is 4. The minimum absolute atomic E-state index is 0.0130. The zero-order valence-electron chi connectivity index (χ0n) is 16.7. The third kappa shape index (κ3) is 5.68. The molecule has 12 nitrogen and oxygen atoms in total. The number of halogens is 4. The van der Waals surface area contributed by atoms with Crippen LogP contribution in [0.2, 0.25) is 5.28 Å². The van der Waals surface area contributed by atoms with E-state index >= 15 is 0 Å². The summed E-state index contributed by atoms with van der Waals surface area (Å²) in [4.78, 5) is 36.7. The van der Waals surface area contributed by atoms with Crippen LogP contribution in [0, 0.1) is 0 Å². The van der Waals surface area contributed by atoms with Crippen LogP contribution in [0.1, 0.15) is 24.6 Å². The van der Waals surface area contributed by atoms with Gasteiger partial charge in [-0.2, -0.15) is 4.98 Å². The molecule has 2 aromatic rings. The first kappa shape index (κ1) is 24.8. The molecule has 0 aliphatic carbocycles. The van der Waals surface area contributed by atoms with Crippen molar-refractivity contribution in [1.82, 2.24) is 19.6 Å². The van der Waals surface area contributed by atoms with Crippen molar-refractivity contribution < 1.29 is 46.2 Å². The molecule has 2 fully saturated rings. The first-order valence-electron chi connectivity index (χ1n) is 9.57. The molecule has 2 aliphatic heterocycles. The summed E-state index contributed by atoms with van der Waals surface area (Å²) in [5, 5.41) is 3.70. The Labute approximate surface area is 189 Å².